The Morgan fingerprint density at radius 1 is 1.07 bits per heavy atom. The van der Waals surface area contributed by atoms with Crippen molar-refractivity contribution in [1.29, 1.82) is 0 Å². The molecule has 82 valence electrons. The van der Waals surface area contributed by atoms with Crippen LogP contribution in [0.5, 0.6) is 0 Å². The molecule has 4 unspecified atom stereocenters. The van der Waals surface area contributed by atoms with Crippen LogP contribution in [0.15, 0.2) is 0 Å². The first-order chi connectivity index (χ1) is 6.77. The number of morpholine rings is 1. The molecular weight excluding hydrogens is 174 g/mol. The normalized spacial score (nSPS) is 43.9. The number of nitrogens with zero attached hydrogens (tertiary/aromatic N) is 1. The van der Waals surface area contributed by atoms with Crippen LogP contribution in [0.2, 0.25) is 0 Å². The van der Waals surface area contributed by atoms with Crippen molar-refractivity contribution < 1.29 is 4.74 Å². The van der Waals surface area contributed by atoms with Gasteiger partial charge < -0.3 is 4.74 Å². The monoisotopic (exact) mass is 197 g/mol. The fourth-order valence-corrected chi connectivity index (χ4v) is 3.23. The standard InChI is InChI=1S/C12H23NO/c1-4-11-9-7-6-8-10(13(9)3)12(5-2)14-11/h9-12H,4-8H2,1-3H3. The molecule has 0 aromatic rings. The van der Waals surface area contributed by atoms with Crippen molar-refractivity contribution in [2.75, 3.05) is 7.05 Å². The second-order valence-corrected chi connectivity index (χ2v) is 4.76. The number of piperidine rings is 1. The third-order valence-corrected chi connectivity index (χ3v) is 4.06. The summed E-state index contributed by atoms with van der Waals surface area (Å²) in [6, 6.07) is 1.39. The molecule has 0 radical (unpaired) electrons. The summed E-state index contributed by atoms with van der Waals surface area (Å²) in [5.74, 6) is 0. The van der Waals surface area contributed by atoms with Gasteiger partial charge >= 0.3 is 0 Å². The van der Waals surface area contributed by atoms with E-state index in [1.165, 1.54) is 19.3 Å². The maximum Gasteiger partial charge on any atom is 0.0732 e. The smallest absolute Gasteiger partial charge is 0.0732 e. The number of hydrogen-bond acceptors (Lipinski definition) is 2. The van der Waals surface area contributed by atoms with Crippen LogP contribution in [0.4, 0.5) is 0 Å². The van der Waals surface area contributed by atoms with E-state index in [9.17, 15) is 0 Å². The van der Waals surface area contributed by atoms with E-state index in [4.69, 9.17) is 4.74 Å². The van der Waals surface area contributed by atoms with E-state index in [0.717, 1.165) is 12.8 Å². The van der Waals surface area contributed by atoms with Crippen molar-refractivity contribution in [3.05, 3.63) is 0 Å². The van der Waals surface area contributed by atoms with E-state index in [1.807, 2.05) is 0 Å². The van der Waals surface area contributed by atoms with Gasteiger partial charge in [-0.1, -0.05) is 20.3 Å². The highest BCUT2D eigenvalue weighted by Gasteiger charge is 2.42. The van der Waals surface area contributed by atoms with Gasteiger partial charge in [0.2, 0.25) is 0 Å². The van der Waals surface area contributed by atoms with Gasteiger partial charge in [0.1, 0.15) is 0 Å². The molecule has 2 rings (SSSR count). The number of fused-ring (bicyclic) bond motifs is 2. The molecule has 4 atom stereocenters. The summed E-state index contributed by atoms with van der Waals surface area (Å²) in [6.45, 7) is 4.50. The highest BCUT2D eigenvalue weighted by atomic mass is 16.5. The van der Waals surface area contributed by atoms with Crippen LogP contribution in [0.25, 0.3) is 0 Å². The van der Waals surface area contributed by atoms with Crippen molar-refractivity contribution >= 4 is 0 Å². The third kappa shape index (κ3) is 1.59. The molecule has 0 amide bonds. The van der Waals surface area contributed by atoms with Crippen molar-refractivity contribution in [3.8, 4) is 0 Å². The van der Waals surface area contributed by atoms with E-state index in [-0.39, 0.29) is 0 Å². The zero-order chi connectivity index (χ0) is 10.1. The van der Waals surface area contributed by atoms with Gasteiger partial charge in [-0.3, -0.25) is 4.90 Å². The largest absolute Gasteiger partial charge is 0.372 e. The summed E-state index contributed by atoms with van der Waals surface area (Å²) in [5, 5.41) is 0. The lowest BCUT2D eigenvalue weighted by Crippen LogP contribution is -2.60. The molecule has 2 bridgehead atoms. The van der Waals surface area contributed by atoms with Crippen LogP contribution < -0.4 is 0 Å². The lowest BCUT2D eigenvalue weighted by Gasteiger charge is -2.51. The average molecular weight is 197 g/mol. The van der Waals surface area contributed by atoms with Gasteiger partial charge in [0.15, 0.2) is 0 Å². The zero-order valence-electron chi connectivity index (χ0n) is 9.70. The molecule has 2 heteroatoms. The highest BCUT2D eigenvalue weighted by Crippen LogP contribution is 2.35. The minimum atomic E-state index is 0.487. The maximum atomic E-state index is 6.18. The summed E-state index contributed by atoms with van der Waals surface area (Å²) in [7, 11) is 2.29. The van der Waals surface area contributed by atoms with Gasteiger partial charge in [0.05, 0.1) is 12.2 Å². The Morgan fingerprint density at radius 2 is 1.57 bits per heavy atom. The van der Waals surface area contributed by atoms with Gasteiger partial charge in [-0.2, -0.15) is 0 Å². The topological polar surface area (TPSA) is 12.5 Å². The molecule has 0 aromatic heterocycles. The van der Waals surface area contributed by atoms with E-state index in [0.29, 0.717) is 24.3 Å². The predicted molar refractivity (Wildman–Crippen MR) is 58.4 cm³/mol. The van der Waals surface area contributed by atoms with E-state index in [2.05, 4.69) is 25.8 Å². The van der Waals surface area contributed by atoms with Crippen LogP contribution in [0.3, 0.4) is 0 Å². The molecule has 2 heterocycles. The minimum Gasteiger partial charge on any atom is -0.372 e. The van der Waals surface area contributed by atoms with Crippen LogP contribution in [-0.4, -0.2) is 36.2 Å². The van der Waals surface area contributed by atoms with Gasteiger partial charge in [-0.05, 0) is 32.7 Å². The third-order valence-electron chi connectivity index (χ3n) is 4.06. The summed E-state index contributed by atoms with van der Waals surface area (Å²) >= 11 is 0. The van der Waals surface area contributed by atoms with Crippen molar-refractivity contribution in [3.63, 3.8) is 0 Å². The molecule has 0 N–H and O–H groups in total. The molecule has 2 aliphatic heterocycles. The molecule has 0 spiro atoms. The molecular formula is C12H23NO. The molecule has 2 aliphatic rings. The Labute approximate surface area is 87.6 Å². The first kappa shape index (κ1) is 10.4. The quantitative estimate of drug-likeness (QED) is 0.674. The molecule has 14 heavy (non-hydrogen) atoms. The number of hydrogen-bond donors (Lipinski definition) is 0. The Morgan fingerprint density at radius 3 is 2.00 bits per heavy atom. The first-order valence-corrected chi connectivity index (χ1v) is 6.15. The number of ether oxygens (including phenoxy) is 1. The maximum absolute atomic E-state index is 6.18. The van der Waals surface area contributed by atoms with Gasteiger partial charge in [0.25, 0.3) is 0 Å². The summed E-state index contributed by atoms with van der Waals surface area (Å²) < 4.78 is 6.18. The van der Waals surface area contributed by atoms with Gasteiger partial charge in [-0.25, -0.2) is 0 Å². The van der Waals surface area contributed by atoms with Crippen LogP contribution in [0.1, 0.15) is 46.0 Å². The zero-order valence-corrected chi connectivity index (χ0v) is 9.70. The van der Waals surface area contributed by atoms with Crippen molar-refractivity contribution in [1.82, 2.24) is 4.90 Å². The van der Waals surface area contributed by atoms with Crippen molar-refractivity contribution in [2.45, 2.75) is 70.2 Å². The Kier molecular flexibility index (Phi) is 3.13. The summed E-state index contributed by atoms with van der Waals surface area (Å²) in [6.07, 6.45) is 7.37. The lowest BCUT2D eigenvalue weighted by atomic mass is 9.85. The van der Waals surface area contributed by atoms with Crippen molar-refractivity contribution in [2.24, 2.45) is 0 Å². The molecule has 2 nitrogen and oxygen atoms in total. The fraction of sp³-hybridized carbons (Fsp3) is 1.00. The molecule has 2 saturated heterocycles. The first-order valence-electron chi connectivity index (χ1n) is 6.15. The van der Waals surface area contributed by atoms with E-state index >= 15 is 0 Å². The Balaban J connectivity index is 2.13. The Bertz CT molecular complexity index is 173. The van der Waals surface area contributed by atoms with Crippen LogP contribution >= 0.6 is 0 Å². The Hall–Kier alpha value is -0.0800. The highest BCUT2D eigenvalue weighted by molar-refractivity contribution is 4.95. The fourth-order valence-electron chi connectivity index (χ4n) is 3.23. The van der Waals surface area contributed by atoms with Gasteiger partial charge in [-0.15, -0.1) is 0 Å². The van der Waals surface area contributed by atoms with E-state index < -0.39 is 0 Å². The summed E-state index contributed by atoms with van der Waals surface area (Å²) in [4.78, 5) is 2.59. The SMILES string of the molecule is CCC1OC(CC)C2CCCC1N2C. The second-order valence-electron chi connectivity index (χ2n) is 4.76. The second kappa shape index (κ2) is 4.19. The molecule has 2 fully saturated rings. The van der Waals surface area contributed by atoms with Crippen LogP contribution in [-0.2, 0) is 4.74 Å². The molecule has 0 aliphatic carbocycles. The predicted octanol–water partition coefficient (Wildman–Crippen LogP) is 2.43. The lowest BCUT2D eigenvalue weighted by molar-refractivity contribution is -0.162. The molecule has 0 aromatic carbocycles. The number of rotatable bonds is 2. The van der Waals surface area contributed by atoms with E-state index in [1.54, 1.807) is 0 Å². The summed E-state index contributed by atoms with van der Waals surface area (Å²) in [5.41, 5.74) is 0. The van der Waals surface area contributed by atoms with Crippen LogP contribution in [0, 0.1) is 0 Å². The molecule has 0 saturated carbocycles. The average Bonchev–Trinajstić information content (AvgIpc) is 2.18. The minimum absolute atomic E-state index is 0.487. The number of likely N-dealkylation sites (N-methyl/N-ethyl adjacent to an activating group) is 1. The van der Waals surface area contributed by atoms with Gasteiger partial charge in [0, 0.05) is 12.1 Å².